The van der Waals surface area contributed by atoms with Gasteiger partial charge in [-0.2, -0.15) is 0 Å². The molecule has 8 nitrogen and oxygen atoms in total. The number of ether oxygens (including phenoxy) is 2. The molecule has 0 N–H and O–H groups in total. The van der Waals surface area contributed by atoms with E-state index < -0.39 is 0 Å². The average molecular weight is 329 g/mol. The highest BCUT2D eigenvalue weighted by Gasteiger charge is 2.46. The summed E-state index contributed by atoms with van der Waals surface area (Å²) in [5, 5.41) is 4.12. The second-order valence-corrected chi connectivity index (χ2v) is 6.07. The third-order valence-electron chi connectivity index (χ3n) is 4.51. The number of hydrogen-bond donors (Lipinski definition) is 0. The van der Waals surface area contributed by atoms with Crippen molar-refractivity contribution in [1.82, 2.24) is 24.6 Å². The number of carbonyl (C=O) groups excluding carboxylic acids is 1. The number of nitrogens with zero attached hydrogens (tertiary/aromatic N) is 5. The predicted octanol–water partition coefficient (Wildman–Crippen LogP) is 0.661. The molecule has 1 saturated heterocycles. The quantitative estimate of drug-likeness (QED) is 0.823. The Morgan fingerprint density at radius 1 is 1.42 bits per heavy atom. The summed E-state index contributed by atoms with van der Waals surface area (Å²) in [5.41, 5.74) is 0. The Morgan fingerprint density at radius 2 is 2.33 bits per heavy atom. The number of aromatic nitrogens is 4. The molecule has 126 valence electrons. The van der Waals surface area contributed by atoms with Gasteiger partial charge in [-0.1, -0.05) is 0 Å². The standard InChI is InChI=1S/C16H19N5O3/c1-20-10-18-15(19-20)16(22)21-7-8-23-14-12(21)4-5-13(14)24-11-3-2-6-17-9-11/h2-3,6,9-10,12-14H,4-5,7-8H2,1H3/t12-,13+,14+/m0/s1. The van der Waals surface area contributed by atoms with Crippen LogP contribution in [0.1, 0.15) is 23.5 Å². The smallest absolute Gasteiger partial charge is 0.293 e. The summed E-state index contributed by atoms with van der Waals surface area (Å²) < 4.78 is 13.5. The van der Waals surface area contributed by atoms with Gasteiger partial charge >= 0.3 is 0 Å². The monoisotopic (exact) mass is 329 g/mol. The molecule has 0 radical (unpaired) electrons. The van der Waals surface area contributed by atoms with E-state index in [4.69, 9.17) is 9.47 Å². The van der Waals surface area contributed by atoms with Gasteiger partial charge in [0.05, 0.1) is 18.8 Å². The van der Waals surface area contributed by atoms with E-state index >= 15 is 0 Å². The number of aryl methyl sites for hydroxylation is 1. The highest BCUT2D eigenvalue weighted by atomic mass is 16.5. The molecule has 1 amide bonds. The van der Waals surface area contributed by atoms with Crippen molar-refractivity contribution in [3.8, 4) is 5.75 Å². The van der Waals surface area contributed by atoms with E-state index in [1.54, 1.807) is 19.4 Å². The lowest BCUT2D eigenvalue weighted by Crippen LogP contribution is -2.54. The molecule has 0 unspecified atom stereocenters. The number of fused-ring (bicyclic) bond motifs is 1. The zero-order valence-electron chi connectivity index (χ0n) is 13.4. The molecule has 1 aliphatic carbocycles. The van der Waals surface area contributed by atoms with E-state index in [0.717, 1.165) is 18.6 Å². The molecule has 4 rings (SSSR count). The maximum Gasteiger partial charge on any atom is 0.293 e. The third kappa shape index (κ3) is 2.73. The van der Waals surface area contributed by atoms with Crippen LogP contribution in [-0.4, -0.2) is 62.0 Å². The second kappa shape index (κ2) is 6.20. The zero-order valence-corrected chi connectivity index (χ0v) is 13.4. The fourth-order valence-electron chi connectivity index (χ4n) is 3.45. The first kappa shape index (κ1) is 15.1. The zero-order chi connectivity index (χ0) is 16.5. The molecule has 2 aromatic heterocycles. The Kier molecular flexibility index (Phi) is 3.89. The van der Waals surface area contributed by atoms with Crippen molar-refractivity contribution in [2.24, 2.45) is 7.05 Å². The van der Waals surface area contributed by atoms with Crippen LogP contribution in [0.2, 0.25) is 0 Å². The van der Waals surface area contributed by atoms with Crippen LogP contribution in [0.15, 0.2) is 30.9 Å². The number of morpholine rings is 1. The summed E-state index contributed by atoms with van der Waals surface area (Å²) in [7, 11) is 1.75. The molecular formula is C16H19N5O3. The van der Waals surface area contributed by atoms with Gasteiger partial charge < -0.3 is 14.4 Å². The van der Waals surface area contributed by atoms with Gasteiger partial charge in [0.1, 0.15) is 24.3 Å². The largest absolute Gasteiger partial charge is 0.486 e. The first-order valence-electron chi connectivity index (χ1n) is 8.07. The molecule has 1 saturated carbocycles. The SMILES string of the molecule is Cn1cnc(C(=O)N2CCO[C@H]3[C@H](Oc4cccnc4)CC[C@@H]32)n1. The lowest BCUT2D eigenvalue weighted by molar-refractivity contribution is -0.0789. The normalized spacial score (nSPS) is 26.2. The van der Waals surface area contributed by atoms with Crippen LogP contribution in [0, 0.1) is 0 Å². The van der Waals surface area contributed by atoms with E-state index in [9.17, 15) is 4.79 Å². The summed E-state index contributed by atoms with van der Waals surface area (Å²) in [5.74, 6) is 0.812. The fraction of sp³-hybridized carbons (Fsp3) is 0.500. The third-order valence-corrected chi connectivity index (χ3v) is 4.51. The fourth-order valence-corrected chi connectivity index (χ4v) is 3.45. The van der Waals surface area contributed by atoms with Crippen molar-refractivity contribution in [2.75, 3.05) is 13.2 Å². The Bertz CT molecular complexity index is 720. The van der Waals surface area contributed by atoms with Crippen LogP contribution in [0.5, 0.6) is 5.75 Å². The predicted molar refractivity (Wildman–Crippen MR) is 83.5 cm³/mol. The minimum Gasteiger partial charge on any atom is -0.486 e. The Morgan fingerprint density at radius 3 is 3.08 bits per heavy atom. The summed E-state index contributed by atoms with van der Waals surface area (Å²) >= 11 is 0. The molecule has 1 aliphatic heterocycles. The molecule has 0 spiro atoms. The van der Waals surface area contributed by atoms with E-state index in [-0.39, 0.29) is 30.0 Å². The van der Waals surface area contributed by atoms with Crippen molar-refractivity contribution >= 4 is 5.91 Å². The van der Waals surface area contributed by atoms with Crippen LogP contribution in [-0.2, 0) is 11.8 Å². The highest BCUT2D eigenvalue weighted by molar-refractivity contribution is 5.90. The van der Waals surface area contributed by atoms with Crippen molar-refractivity contribution in [2.45, 2.75) is 31.1 Å². The number of carbonyl (C=O) groups is 1. The molecule has 3 heterocycles. The Hall–Kier alpha value is -2.48. The minimum absolute atomic E-state index is 0.00303. The number of rotatable bonds is 3. The maximum atomic E-state index is 12.7. The van der Waals surface area contributed by atoms with Crippen LogP contribution >= 0.6 is 0 Å². The van der Waals surface area contributed by atoms with E-state index in [1.807, 2.05) is 17.0 Å². The summed E-state index contributed by atoms with van der Waals surface area (Å²) in [6, 6.07) is 3.72. The van der Waals surface area contributed by atoms with E-state index in [2.05, 4.69) is 15.1 Å². The average Bonchev–Trinajstić information content (AvgIpc) is 3.22. The highest BCUT2D eigenvalue weighted by Crippen LogP contribution is 2.33. The molecule has 0 bridgehead atoms. The molecule has 2 aromatic rings. The lowest BCUT2D eigenvalue weighted by atomic mass is 10.1. The molecule has 2 aliphatic rings. The van der Waals surface area contributed by atoms with Gasteiger partial charge in [0.15, 0.2) is 0 Å². The van der Waals surface area contributed by atoms with Gasteiger partial charge in [-0.25, -0.2) is 4.98 Å². The summed E-state index contributed by atoms with van der Waals surface area (Å²) in [6.07, 6.45) is 6.41. The van der Waals surface area contributed by atoms with Crippen LogP contribution in [0.25, 0.3) is 0 Å². The Balaban J connectivity index is 1.49. The van der Waals surface area contributed by atoms with Gasteiger partial charge in [-0.3, -0.25) is 14.5 Å². The van der Waals surface area contributed by atoms with Crippen LogP contribution in [0.3, 0.4) is 0 Å². The summed E-state index contributed by atoms with van der Waals surface area (Å²) in [6.45, 7) is 1.05. The van der Waals surface area contributed by atoms with Crippen molar-refractivity contribution in [3.63, 3.8) is 0 Å². The van der Waals surface area contributed by atoms with Crippen molar-refractivity contribution < 1.29 is 14.3 Å². The first-order valence-corrected chi connectivity index (χ1v) is 8.07. The van der Waals surface area contributed by atoms with E-state index in [1.165, 1.54) is 11.0 Å². The molecule has 0 aromatic carbocycles. The summed E-state index contributed by atoms with van der Waals surface area (Å²) in [4.78, 5) is 22.7. The second-order valence-electron chi connectivity index (χ2n) is 6.07. The number of pyridine rings is 1. The minimum atomic E-state index is -0.143. The van der Waals surface area contributed by atoms with Gasteiger partial charge in [-0.05, 0) is 25.0 Å². The maximum absolute atomic E-state index is 12.7. The molecule has 2 fully saturated rings. The molecule has 3 atom stereocenters. The topological polar surface area (TPSA) is 82.4 Å². The molecule has 8 heteroatoms. The van der Waals surface area contributed by atoms with Gasteiger partial charge in [-0.15, -0.1) is 5.10 Å². The number of amides is 1. The lowest BCUT2D eigenvalue weighted by Gasteiger charge is -2.38. The number of hydrogen-bond acceptors (Lipinski definition) is 6. The molecule has 24 heavy (non-hydrogen) atoms. The molecular weight excluding hydrogens is 310 g/mol. The van der Waals surface area contributed by atoms with Crippen LogP contribution in [0.4, 0.5) is 0 Å². The Labute approximate surface area is 139 Å². The van der Waals surface area contributed by atoms with Crippen molar-refractivity contribution in [3.05, 3.63) is 36.7 Å². The van der Waals surface area contributed by atoms with Gasteiger partial charge in [0.2, 0.25) is 5.82 Å². The van der Waals surface area contributed by atoms with E-state index in [0.29, 0.717) is 13.2 Å². The van der Waals surface area contributed by atoms with Crippen LogP contribution < -0.4 is 4.74 Å². The van der Waals surface area contributed by atoms with Gasteiger partial charge in [0, 0.05) is 19.8 Å². The van der Waals surface area contributed by atoms with Gasteiger partial charge in [0.25, 0.3) is 5.91 Å². The first-order chi connectivity index (χ1) is 11.7. The van der Waals surface area contributed by atoms with Crippen molar-refractivity contribution in [1.29, 1.82) is 0 Å².